The third-order valence-corrected chi connectivity index (χ3v) is 7.35. The Morgan fingerprint density at radius 3 is 2.52 bits per heavy atom. The molecule has 0 saturated carbocycles. The van der Waals surface area contributed by atoms with Crippen LogP contribution in [0.2, 0.25) is 0 Å². The van der Waals surface area contributed by atoms with Crippen LogP contribution in [0.3, 0.4) is 0 Å². The molecule has 162 valence electrons. The number of aryl methyl sites for hydroxylation is 1. The first kappa shape index (κ1) is 21.1. The Balaban J connectivity index is 1.44. The van der Waals surface area contributed by atoms with Crippen molar-refractivity contribution in [3.63, 3.8) is 0 Å². The van der Waals surface area contributed by atoms with Crippen LogP contribution in [0.1, 0.15) is 25.3 Å². The molecule has 1 fully saturated rings. The summed E-state index contributed by atoms with van der Waals surface area (Å²) < 4.78 is 29.1. The zero-order valence-corrected chi connectivity index (χ0v) is 18.0. The number of tetrazole rings is 1. The van der Waals surface area contributed by atoms with E-state index in [4.69, 9.17) is 0 Å². The molecule has 0 spiro atoms. The maximum absolute atomic E-state index is 13.1. The SMILES string of the molecule is CCc1ccc(NC(=O)[C@H]2CCCN(S(=O)(=O)c3ccc(-n4cnnn4)cc3)C2)cc1. The number of carbonyl (C=O) groups excluding carboxylic acids is 1. The van der Waals surface area contributed by atoms with Crippen LogP contribution in [0, 0.1) is 5.92 Å². The molecular weight excluding hydrogens is 416 g/mol. The lowest BCUT2D eigenvalue weighted by Gasteiger charge is -2.31. The second-order valence-electron chi connectivity index (χ2n) is 7.49. The van der Waals surface area contributed by atoms with Gasteiger partial charge in [-0.05, 0) is 71.7 Å². The van der Waals surface area contributed by atoms with E-state index >= 15 is 0 Å². The number of nitrogens with zero attached hydrogens (tertiary/aromatic N) is 5. The standard InChI is InChI=1S/C21H24N6O3S/c1-2-16-5-7-18(8-6-16)23-21(28)17-4-3-13-26(14-17)31(29,30)20-11-9-19(10-12-20)27-15-22-24-25-27/h5-12,15,17H,2-4,13-14H2,1H3,(H,23,28)/t17-/m0/s1. The van der Waals surface area contributed by atoms with Crippen molar-refractivity contribution in [3.8, 4) is 5.69 Å². The lowest BCUT2D eigenvalue weighted by molar-refractivity contribution is -0.120. The van der Waals surface area contributed by atoms with E-state index in [1.54, 1.807) is 12.1 Å². The maximum atomic E-state index is 13.1. The van der Waals surface area contributed by atoms with Crippen LogP contribution in [-0.2, 0) is 21.2 Å². The number of carbonyl (C=O) groups is 1. The highest BCUT2D eigenvalue weighted by atomic mass is 32.2. The van der Waals surface area contributed by atoms with Crippen LogP contribution >= 0.6 is 0 Å². The summed E-state index contributed by atoms with van der Waals surface area (Å²) in [6.07, 6.45) is 3.66. The number of piperidine rings is 1. The Kier molecular flexibility index (Phi) is 6.10. The third-order valence-electron chi connectivity index (χ3n) is 5.47. The largest absolute Gasteiger partial charge is 0.326 e. The highest BCUT2D eigenvalue weighted by molar-refractivity contribution is 7.89. The molecule has 0 radical (unpaired) electrons. The van der Waals surface area contributed by atoms with Gasteiger partial charge in [-0.2, -0.15) is 4.31 Å². The van der Waals surface area contributed by atoms with Gasteiger partial charge in [0.25, 0.3) is 0 Å². The van der Waals surface area contributed by atoms with Gasteiger partial charge in [-0.1, -0.05) is 19.1 Å². The predicted octanol–water partition coefficient (Wildman–Crippen LogP) is 2.26. The van der Waals surface area contributed by atoms with Crippen LogP contribution in [-0.4, -0.2) is 51.9 Å². The molecule has 0 aliphatic carbocycles. The fourth-order valence-electron chi connectivity index (χ4n) is 3.64. The van der Waals surface area contributed by atoms with Crippen molar-refractivity contribution in [1.29, 1.82) is 0 Å². The van der Waals surface area contributed by atoms with E-state index in [1.165, 1.54) is 33.0 Å². The van der Waals surface area contributed by atoms with E-state index in [0.717, 1.165) is 12.1 Å². The minimum absolute atomic E-state index is 0.154. The summed E-state index contributed by atoms with van der Waals surface area (Å²) in [7, 11) is -3.70. The number of nitrogens with one attached hydrogen (secondary N) is 1. The molecule has 1 aromatic heterocycles. The fraction of sp³-hybridized carbons (Fsp3) is 0.333. The highest BCUT2D eigenvalue weighted by Crippen LogP contribution is 2.25. The van der Waals surface area contributed by atoms with Crippen molar-refractivity contribution < 1.29 is 13.2 Å². The number of hydrogen-bond acceptors (Lipinski definition) is 6. The van der Waals surface area contributed by atoms with E-state index < -0.39 is 15.9 Å². The Bertz CT molecular complexity index is 1130. The molecule has 1 amide bonds. The number of hydrogen-bond donors (Lipinski definition) is 1. The van der Waals surface area contributed by atoms with Gasteiger partial charge in [0.15, 0.2) is 0 Å². The topological polar surface area (TPSA) is 110 Å². The molecule has 2 heterocycles. The molecule has 3 aromatic rings. The summed E-state index contributed by atoms with van der Waals surface area (Å²) in [6.45, 7) is 2.63. The summed E-state index contributed by atoms with van der Waals surface area (Å²) in [6, 6.07) is 14.1. The number of benzene rings is 2. The van der Waals surface area contributed by atoms with Gasteiger partial charge in [0.2, 0.25) is 15.9 Å². The van der Waals surface area contributed by atoms with Crippen molar-refractivity contribution in [3.05, 3.63) is 60.4 Å². The van der Waals surface area contributed by atoms with Crippen LogP contribution < -0.4 is 5.32 Å². The number of amides is 1. The molecule has 9 nitrogen and oxygen atoms in total. The zero-order valence-electron chi connectivity index (χ0n) is 17.2. The molecule has 1 saturated heterocycles. The average Bonchev–Trinajstić information content (AvgIpc) is 3.35. The van der Waals surface area contributed by atoms with Gasteiger partial charge in [-0.3, -0.25) is 4.79 Å². The van der Waals surface area contributed by atoms with Crippen LogP contribution in [0.4, 0.5) is 5.69 Å². The van der Waals surface area contributed by atoms with Gasteiger partial charge in [0, 0.05) is 18.8 Å². The fourth-order valence-corrected chi connectivity index (χ4v) is 5.17. The molecule has 4 rings (SSSR count). The Labute approximate surface area is 181 Å². The zero-order chi connectivity index (χ0) is 21.8. The Morgan fingerprint density at radius 1 is 1.13 bits per heavy atom. The maximum Gasteiger partial charge on any atom is 0.243 e. The number of anilines is 1. The van der Waals surface area contributed by atoms with Crippen molar-refractivity contribution >= 4 is 21.6 Å². The number of sulfonamides is 1. The van der Waals surface area contributed by atoms with Crippen LogP contribution in [0.25, 0.3) is 5.69 Å². The second-order valence-corrected chi connectivity index (χ2v) is 9.43. The smallest absolute Gasteiger partial charge is 0.243 e. The van der Waals surface area contributed by atoms with Crippen molar-refractivity contribution in [1.82, 2.24) is 24.5 Å². The minimum atomic E-state index is -3.70. The van der Waals surface area contributed by atoms with Crippen molar-refractivity contribution in [2.24, 2.45) is 5.92 Å². The summed E-state index contributed by atoms with van der Waals surface area (Å²) >= 11 is 0. The van der Waals surface area contributed by atoms with Gasteiger partial charge in [0.1, 0.15) is 6.33 Å². The van der Waals surface area contributed by atoms with Gasteiger partial charge in [-0.25, -0.2) is 13.1 Å². The molecule has 0 unspecified atom stereocenters. The predicted molar refractivity (Wildman–Crippen MR) is 115 cm³/mol. The van der Waals surface area contributed by atoms with E-state index in [1.807, 2.05) is 24.3 Å². The van der Waals surface area contributed by atoms with Gasteiger partial charge < -0.3 is 5.32 Å². The first-order chi connectivity index (χ1) is 15.0. The molecule has 1 N–H and O–H groups in total. The molecule has 10 heteroatoms. The molecule has 1 aliphatic rings. The summed E-state index contributed by atoms with van der Waals surface area (Å²) in [5.74, 6) is -0.548. The average molecular weight is 441 g/mol. The quantitative estimate of drug-likeness (QED) is 0.630. The van der Waals surface area contributed by atoms with Gasteiger partial charge in [0.05, 0.1) is 16.5 Å². The summed E-state index contributed by atoms with van der Waals surface area (Å²) in [5, 5.41) is 13.9. The van der Waals surface area contributed by atoms with E-state index in [0.29, 0.717) is 25.1 Å². The molecular formula is C21H24N6O3S. The van der Waals surface area contributed by atoms with E-state index in [2.05, 4.69) is 27.8 Å². The molecule has 31 heavy (non-hydrogen) atoms. The van der Waals surface area contributed by atoms with Gasteiger partial charge in [-0.15, -0.1) is 5.10 Å². The van der Waals surface area contributed by atoms with E-state index in [9.17, 15) is 13.2 Å². The second kappa shape index (κ2) is 8.94. The van der Waals surface area contributed by atoms with Crippen LogP contribution in [0.5, 0.6) is 0 Å². The monoisotopic (exact) mass is 440 g/mol. The van der Waals surface area contributed by atoms with Crippen molar-refractivity contribution in [2.75, 3.05) is 18.4 Å². The lowest BCUT2D eigenvalue weighted by Crippen LogP contribution is -2.43. The van der Waals surface area contributed by atoms with E-state index in [-0.39, 0.29) is 17.3 Å². The Morgan fingerprint density at radius 2 is 1.87 bits per heavy atom. The highest BCUT2D eigenvalue weighted by Gasteiger charge is 2.33. The Hall–Kier alpha value is -3.11. The lowest BCUT2D eigenvalue weighted by atomic mass is 9.98. The molecule has 0 bridgehead atoms. The molecule has 1 atom stereocenters. The normalized spacial score (nSPS) is 17.4. The molecule has 2 aromatic carbocycles. The third kappa shape index (κ3) is 4.64. The number of rotatable bonds is 6. The summed E-state index contributed by atoms with van der Waals surface area (Å²) in [5.41, 5.74) is 2.58. The minimum Gasteiger partial charge on any atom is -0.326 e. The number of aromatic nitrogens is 4. The first-order valence-corrected chi connectivity index (χ1v) is 11.6. The van der Waals surface area contributed by atoms with Crippen LogP contribution in [0.15, 0.2) is 59.8 Å². The van der Waals surface area contributed by atoms with Gasteiger partial charge >= 0.3 is 0 Å². The molecule has 1 aliphatic heterocycles. The first-order valence-electron chi connectivity index (χ1n) is 10.2. The van der Waals surface area contributed by atoms with Crippen molar-refractivity contribution in [2.45, 2.75) is 31.1 Å². The summed E-state index contributed by atoms with van der Waals surface area (Å²) in [4.78, 5) is 12.9.